The van der Waals surface area contributed by atoms with Crippen molar-refractivity contribution in [2.24, 2.45) is 17.4 Å². The Kier molecular flexibility index (Phi) is 14.9. The van der Waals surface area contributed by atoms with Crippen LogP contribution in [0.3, 0.4) is 0 Å². The average molecular weight is 504 g/mol. The second kappa shape index (κ2) is 16.4. The molecule has 0 fully saturated rings. The number of carbonyl (C=O) groups excluding carboxylic acids is 3. The van der Waals surface area contributed by atoms with Gasteiger partial charge in [0.2, 0.25) is 17.7 Å². The molecule has 5 unspecified atom stereocenters. The molecule has 0 aliphatic rings. The predicted molar refractivity (Wildman–Crippen MR) is 123 cm³/mol. The van der Waals surface area contributed by atoms with E-state index < -0.39 is 78.6 Å². The van der Waals surface area contributed by atoms with E-state index >= 15 is 0 Å². The topological polar surface area (TPSA) is 251 Å². The predicted octanol–water partition coefficient (Wildman–Crippen LogP) is -1.63. The first-order valence-corrected chi connectivity index (χ1v) is 11.4. The molecule has 0 spiro atoms. The summed E-state index contributed by atoms with van der Waals surface area (Å²) in [7, 11) is 0. The molecule has 0 saturated carbocycles. The number of rotatable bonds is 18. The summed E-state index contributed by atoms with van der Waals surface area (Å²) < 4.78 is 0. The lowest BCUT2D eigenvalue weighted by Gasteiger charge is -2.27. The second-order valence-corrected chi connectivity index (χ2v) is 8.25. The molecule has 14 heteroatoms. The summed E-state index contributed by atoms with van der Waals surface area (Å²) in [5.41, 5.74) is 11.0. The van der Waals surface area contributed by atoms with Crippen molar-refractivity contribution in [3.63, 3.8) is 0 Å². The molecule has 14 nitrogen and oxygen atoms in total. The first-order chi connectivity index (χ1) is 16.3. The third kappa shape index (κ3) is 12.7. The lowest BCUT2D eigenvalue weighted by molar-refractivity contribution is -0.143. The zero-order valence-electron chi connectivity index (χ0n) is 20.0. The maximum Gasteiger partial charge on any atom is 0.326 e. The SMILES string of the molecule is CCC(C)C(NC(=O)C(CC(=O)O)NC(=O)C(N)CCC(=O)O)C(=O)NC(CCCCN)C(=O)O. The van der Waals surface area contributed by atoms with Crippen molar-refractivity contribution < 1.29 is 44.1 Å². The van der Waals surface area contributed by atoms with Crippen LogP contribution in [0, 0.1) is 5.92 Å². The minimum atomic E-state index is -1.60. The van der Waals surface area contributed by atoms with E-state index in [9.17, 15) is 33.9 Å². The van der Waals surface area contributed by atoms with Crippen LogP contribution in [0.2, 0.25) is 0 Å². The molecule has 0 aromatic carbocycles. The number of nitrogens with two attached hydrogens (primary N) is 2. The Labute approximate surface area is 203 Å². The Balaban J connectivity index is 5.50. The lowest BCUT2D eigenvalue weighted by atomic mass is 9.97. The fraction of sp³-hybridized carbons (Fsp3) is 0.714. The normalized spacial score (nSPS) is 15.1. The third-order valence-corrected chi connectivity index (χ3v) is 5.37. The van der Waals surface area contributed by atoms with Gasteiger partial charge in [0.25, 0.3) is 0 Å². The van der Waals surface area contributed by atoms with E-state index in [-0.39, 0.29) is 12.8 Å². The van der Waals surface area contributed by atoms with Gasteiger partial charge < -0.3 is 42.7 Å². The fourth-order valence-corrected chi connectivity index (χ4v) is 3.04. The van der Waals surface area contributed by atoms with Gasteiger partial charge in [-0.2, -0.15) is 0 Å². The van der Waals surface area contributed by atoms with Gasteiger partial charge >= 0.3 is 17.9 Å². The van der Waals surface area contributed by atoms with Gasteiger partial charge in [-0.15, -0.1) is 0 Å². The highest BCUT2D eigenvalue weighted by Crippen LogP contribution is 2.11. The Hall–Kier alpha value is -3.26. The van der Waals surface area contributed by atoms with Gasteiger partial charge in [0.05, 0.1) is 12.5 Å². The second-order valence-electron chi connectivity index (χ2n) is 8.25. The smallest absolute Gasteiger partial charge is 0.326 e. The molecule has 10 N–H and O–H groups in total. The maximum atomic E-state index is 12.9. The van der Waals surface area contributed by atoms with Gasteiger partial charge in [0.15, 0.2) is 0 Å². The number of hydrogen-bond donors (Lipinski definition) is 8. The third-order valence-electron chi connectivity index (χ3n) is 5.37. The largest absolute Gasteiger partial charge is 0.481 e. The molecular weight excluding hydrogens is 466 g/mol. The highest BCUT2D eigenvalue weighted by atomic mass is 16.4. The van der Waals surface area contributed by atoms with E-state index in [1.807, 2.05) is 0 Å². The van der Waals surface area contributed by atoms with E-state index in [1.54, 1.807) is 13.8 Å². The number of hydrogen-bond acceptors (Lipinski definition) is 8. The fourth-order valence-electron chi connectivity index (χ4n) is 3.04. The number of aliphatic carboxylic acids is 3. The summed E-state index contributed by atoms with van der Waals surface area (Å²) in [6, 6.07) is -5.32. The molecule has 0 aromatic rings. The van der Waals surface area contributed by atoms with E-state index in [2.05, 4.69) is 16.0 Å². The molecule has 0 bridgehead atoms. The summed E-state index contributed by atoms with van der Waals surface area (Å²) in [5.74, 6) is -7.00. The molecule has 200 valence electrons. The monoisotopic (exact) mass is 503 g/mol. The van der Waals surface area contributed by atoms with Crippen LogP contribution in [0.1, 0.15) is 58.8 Å². The minimum Gasteiger partial charge on any atom is -0.481 e. The van der Waals surface area contributed by atoms with Crippen LogP contribution in [0.25, 0.3) is 0 Å². The highest BCUT2D eigenvalue weighted by molar-refractivity contribution is 5.95. The van der Waals surface area contributed by atoms with Crippen LogP contribution in [-0.2, 0) is 28.8 Å². The summed E-state index contributed by atoms with van der Waals surface area (Å²) in [6.07, 6.45) is 0.108. The Bertz CT molecular complexity index is 761. The standard InChI is InChI=1S/C21H37N5O9/c1-3-11(2)17(20(33)24-13(21(34)35)6-4-5-9-22)26-19(32)14(10-16(29)30)25-18(31)12(23)7-8-15(27)28/h11-14,17H,3-10,22-23H2,1-2H3,(H,24,33)(H,25,31)(H,26,32)(H,27,28)(H,29,30)(H,34,35). The number of nitrogens with one attached hydrogen (secondary N) is 3. The van der Waals surface area contributed by atoms with Crippen LogP contribution in [0.4, 0.5) is 0 Å². The molecule has 5 atom stereocenters. The number of carbonyl (C=O) groups is 6. The van der Waals surface area contributed by atoms with Gasteiger partial charge in [-0.05, 0) is 38.1 Å². The van der Waals surface area contributed by atoms with Crippen LogP contribution >= 0.6 is 0 Å². The van der Waals surface area contributed by atoms with E-state index in [0.29, 0.717) is 25.8 Å². The Morgan fingerprint density at radius 2 is 1.40 bits per heavy atom. The van der Waals surface area contributed by atoms with Crippen LogP contribution < -0.4 is 27.4 Å². The molecule has 0 aromatic heterocycles. The van der Waals surface area contributed by atoms with E-state index in [0.717, 1.165) is 0 Å². The lowest BCUT2D eigenvalue weighted by Crippen LogP contribution is -2.59. The Morgan fingerprint density at radius 1 is 0.800 bits per heavy atom. The van der Waals surface area contributed by atoms with Gasteiger partial charge in [-0.3, -0.25) is 24.0 Å². The molecule has 0 radical (unpaired) electrons. The highest BCUT2D eigenvalue weighted by Gasteiger charge is 2.33. The molecule has 0 rings (SSSR count). The van der Waals surface area contributed by atoms with Crippen molar-refractivity contribution in [1.82, 2.24) is 16.0 Å². The average Bonchev–Trinajstić information content (AvgIpc) is 2.78. The number of unbranched alkanes of at least 4 members (excludes halogenated alkanes) is 1. The molecule has 0 saturated heterocycles. The zero-order valence-corrected chi connectivity index (χ0v) is 20.0. The van der Waals surface area contributed by atoms with E-state index in [1.165, 1.54) is 0 Å². The van der Waals surface area contributed by atoms with Crippen LogP contribution in [0.15, 0.2) is 0 Å². The van der Waals surface area contributed by atoms with Crippen LogP contribution in [-0.4, -0.2) is 81.7 Å². The van der Waals surface area contributed by atoms with Crippen LogP contribution in [0.5, 0.6) is 0 Å². The molecule has 35 heavy (non-hydrogen) atoms. The molecule has 3 amide bonds. The summed E-state index contributed by atoms with van der Waals surface area (Å²) >= 11 is 0. The van der Waals surface area contributed by atoms with Gasteiger partial charge in [-0.25, -0.2) is 4.79 Å². The summed E-state index contributed by atoms with van der Waals surface area (Å²) in [5, 5.41) is 34.2. The van der Waals surface area contributed by atoms with Crippen molar-refractivity contribution in [1.29, 1.82) is 0 Å². The summed E-state index contributed by atoms with van der Waals surface area (Å²) in [6.45, 7) is 3.74. The molecule has 0 heterocycles. The number of carboxylic acid groups (broad SMARTS) is 3. The van der Waals surface area contributed by atoms with Crippen molar-refractivity contribution in [3.8, 4) is 0 Å². The Morgan fingerprint density at radius 3 is 1.89 bits per heavy atom. The first kappa shape index (κ1) is 31.7. The van der Waals surface area contributed by atoms with Crippen molar-refractivity contribution in [2.75, 3.05) is 6.54 Å². The van der Waals surface area contributed by atoms with Gasteiger partial charge in [0.1, 0.15) is 18.1 Å². The number of amides is 3. The van der Waals surface area contributed by atoms with Crippen molar-refractivity contribution in [2.45, 2.75) is 83.0 Å². The van der Waals surface area contributed by atoms with Gasteiger partial charge in [0, 0.05) is 6.42 Å². The van der Waals surface area contributed by atoms with E-state index in [4.69, 9.17) is 21.7 Å². The quantitative estimate of drug-likeness (QED) is 0.0985. The first-order valence-electron chi connectivity index (χ1n) is 11.4. The molecule has 0 aliphatic carbocycles. The minimum absolute atomic E-state index is 0.130. The van der Waals surface area contributed by atoms with Gasteiger partial charge in [-0.1, -0.05) is 20.3 Å². The number of carboxylic acids is 3. The van der Waals surface area contributed by atoms with Crippen molar-refractivity contribution >= 4 is 35.6 Å². The molecular formula is C21H37N5O9. The maximum absolute atomic E-state index is 12.9. The summed E-state index contributed by atoms with van der Waals surface area (Å²) in [4.78, 5) is 71.4. The molecule has 0 aliphatic heterocycles. The zero-order chi connectivity index (χ0) is 27.1. The van der Waals surface area contributed by atoms with Crippen molar-refractivity contribution in [3.05, 3.63) is 0 Å².